The summed E-state index contributed by atoms with van der Waals surface area (Å²) < 4.78 is 2.37. The standard InChI is InChI=1S/C44H31N/c1-29-27-33(23-26-35(29)44-40-17-4-2-13-36(40)37-14-3-5-18-41(37)44)32-12-10-11-31(28-32)30-21-24-34(25-22-30)45-42-19-8-6-15-38(42)39-16-7-9-20-43(39)45/h2-28,44H,1H3. The molecule has 8 aromatic rings. The van der Waals surface area contributed by atoms with Crippen LogP contribution in [0.4, 0.5) is 0 Å². The van der Waals surface area contributed by atoms with E-state index < -0.39 is 0 Å². The van der Waals surface area contributed by atoms with E-state index in [9.17, 15) is 0 Å². The maximum Gasteiger partial charge on any atom is 0.0541 e. The summed E-state index contributed by atoms with van der Waals surface area (Å²) in [5.74, 6) is 0.269. The van der Waals surface area contributed by atoms with Gasteiger partial charge in [0.1, 0.15) is 0 Å². The monoisotopic (exact) mass is 573 g/mol. The first-order chi connectivity index (χ1) is 22.2. The van der Waals surface area contributed by atoms with E-state index in [4.69, 9.17) is 0 Å². The zero-order valence-electron chi connectivity index (χ0n) is 25.1. The van der Waals surface area contributed by atoms with Crippen LogP contribution in [0, 0.1) is 6.92 Å². The van der Waals surface area contributed by atoms with Crippen LogP contribution in [0.15, 0.2) is 164 Å². The van der Waals surface area contributed by atoms with E-state index in [1.807, 2.05) is 0 Å². The van der Waals surface area contributed by atoms with Crippen LogP contribution in [0.3, 0.4) is 0 Å². The predicted molar refractivity (Wildman–Crippen MR) is 189 cm³/mol. The molecule has 0 spiro atoms. The van der Waals surface area contributed by atoms with Gasteiger partial charge in [0.25, 0.3) is 0 Å². The van der Waals surface area contributed by atoms with Crippen LogP contribution in [0.25, 0.3) is 60.9 Å². The van der Waals surface area contributed by atoms with Gasteiger partial charge in [0.05, 0.1) is 11.0 Å². The molecule has 212 valence electrons. The molecule has 1 heteroatoms. The molecule has 1 heterocycles. The SMILES string of the molecule is Cc1cc(-c2cccc(-c3ccc(-n4c5ccccc5c5ccccc54)cc3)c2)ccc1C1c2ccccc2-c2ccccc21. The molecule has 45 heavy (non-hydrogen) atoms. The number of para-hydroxylation sites is 2. The molecule has 9 rings (SSSR count). The number of benzene rings is 7. The van der Waals surface area contributed by atoms with Crippen LogP contribution in [-0.4, -0.2) is 4.57 Å². The van der Waals surface area contributed by atoms with Crippen molar-refractivity contribution in [1.82, 2.24) is 4.57 Å². The lowest BCUT2D eigenvalue weighted by Crippen LogP contribution is -2.02. The zero-order chi connectivity index (χ0) is 29.9. The fraction of sp³-hybridized carbons (Fsp3) is 0.0455. The van der Waals surface area contributed by atoms with Gasteiger partial charge in [-0.25, -0.2) is 0 Å². The predicted octanol–water partition coefficient (Wildman–Crippen LogP) is 11.6. The minimum atomic E-state index is 0.269. The van der Waals surface area contributed by atoms with Gasteiger partial charge in [0.15, 0.2) is 0 Å². The molecule has 1 nitrogen and oxygen atoms in total. The van der Waals surface area contributed by atoms with Crippen molar-refractivity contribution in [2.24, 2.45) is 0 Å². The lowest BCUT2D eigenvalue weighted by atomic mass is 9.85. The molecule has 0 aliphatic heterocycles. The van der Waals surface area contributed by atoms with Crippen molar-refractivity contribution in [3.05, 3.63) is 186 Å². The van der Waals surface area contributed by atoms with Crippen molar-refractivity contribution in [1.29, 1.82) is 0 Å². The quantitative estimate of drug-likeness (QED) is 0.197. The van der Waals surface area contributed by atoms with Gasteiger partial charge in [-0.3, -0.25) is 0 Å². The first-order valence-corrected chi connectivity index (χ1v) is 15.7. The molecule has 0 amide bonds. The molecule has 0 radical (unpaired) electrons. The molecular formula is C44H31N. The van der Waals surface area contributed by atoms with Crippen LogP contribution in [0.5, 0.6) is 0 Å². The fourth-order valence-electron chi connectivity index (χ4n) is 7.55. The van der Waals surface area contributed by atoms with Gasteiger partial charge in [-0.2, -0.15) is 0 Å². The summed E-state index contributed by atoms with van der Waals surface area (Å²) in [6.07, 6.45) is 0. The number of hydrogen-bond donors (Lipinski definition) is 0. The van der Waals surface area contributed by atoms with Gasteiger partial charge in [-0.1, -0.05) is 133 Å². The molecule has 0 saturated heterocycles. The number of aromatic nitrogens is 1. The van der Waals surface area contributed by atoms with E-state index in [1.54, 1.807) is 0 Å². The maximum atomic E-state index is 2.37. The Morgan fingerprint density at radius 2 is 0.911 bits per heavy atom. The van der Waals surface area contributed by atoms with Crippen LogP contribution >= 0.6 is 0 Å². The largest absolute Gasteiger partial charge is 0.309 e. The lowest BCUT2D eigenvalue weighted by Gasteiger charge is -2.18. The highest BCUT2D eigenvalue weighted by Gasteiger charge is 2.30. The molecule has 0 unspecified atom stereocenters. The van der Waals surface area contributed by atoms with E-state index in [-0.39, 0.29) is 5.92 Å². The van der Waals surface area contributed by atoms with Crippen molar-refractivity contribution >= 4 is 21.8 Å². The Labute approximate surface area is 263 Å². The highest BCUT2D eigenvalue weighted by Crippen LogP contribution is 2.48. The summed E-state index contributed by atoms with van der Waals surface area (Å²) in [6.45, 7) is 2.26. The van der Waals surface area contributed by atoms with Crippen molar-refractivity contribution in [2.45, 2.75) is 12.8 Å². The Morgan fingerprint density at radius 1 is 0.400 bits per heavy atom. The highest BCUT2D eigenvalue weighted by atomic mass is 15.0. The first kappa shape index (κ1) is 25.8. The summed E-state index contributed by atoms with van der Waals surface area (Å²) in [6, 6.07) is 60.1. The zero-order valence-corrected chi connectivity index (χ0v) is 25.1. The summed E-state index contributed by atoms with van der Waals surface area (Å²) in [7, 11) is 0. The first-order valence-electron chi connectivity index (χ1n) is 15.7. The van der Waals surface area contributed by atoms with Gasteiger partial charge in [0.2, 0.25) is 0 Å². The summed E-state index contributed by atoms with van der Waals surface area (Å²) in [5.41, 5.74) is 16.8. The van der Waals surface area contributed by atoms with Gasteiger partial charge in [-0.15, -0.1) is 0 Å². The second-order valence-corrected chi connectivity index (χ2v) is 12.2. The van der Waals surface area contributed by atoms with Crippen molar-refractivity contribution < 1.29 is 0 Å². The van der Waals surface area contributed by atoms with Gasteiger partial charge in [-0.05, 0) is 92.9 Å². The van der Waals surface area contributed by atoms with E-state index in [0.29, 0.717) is 0 Å². The Bertz CT molecular complexity index is 2290. The molecule has 0 bridgehead atoms. The Kier molecular flexibility index (Phi) is 5.86. The van der Waals surface area contributed by atoms with Crippen molar-refractivity contribution in [3.63, 3.8) is 0 Å². The Balaban J connectivity index is 1.06. The van der Waals surface area contributed by atoms with E-state index in [0.717, 1.165) is 0 Å². The Hall–Kier alpha value is -5.66. The number of fused-ring (bicyclic) bond motifs is 6. The normalized spacial score (nSPS) is 12.5. The third-order valence-electron chi connectivity index (χ3n) is 9.65. The number of aryl methyl sites for hydroxylation is 1. The molecule has 7 aromatic carbocycles. The number of nitrogens with zero attached hydrogens (tertiary/aromatic N) is 1. The average molecular weight is 574 g/mol. The molecule has 1 aromatic heterocycles. The van der Waals surface area contributed by atoms with Gasteiger partial charge >= 0.3 is 0 Å². The third kappa shape index (κ3) is 4.08. The topological polar surface area (TPSA) is 4.93 Å². The van der Waals surface area contributed by atoms with E-state index in [2.05, 4.69) is 175 Å². The minimum absolute atomic E-state index is 0.269. The molecular weight excluding hydrogens is 542 g/mol. The average Bonchev–Trinajstić information content (AvgIpc) is 3.62. The molecule has 0 atom stereocenters. The van der Waals surface area contributed by atoms with E-state index >= 15 is 0 Å². The molecule has 1 aliphatic carbocycles. The second-order valence-electron chi connectivity index (χ2n) is 12.2. The fourth-order valence-corrected chi connectivity index (χ4v) is 7.55. The maximum absolute atomic E-state index is 2.37. The smallest absolute Gasteiger partial charge is 0.0541 e. The summed E-state index contributed by atoms with van der Waals surface area (Å²) in [5, 5.41) is 2.57. The molecule has 0 fully saturated rings. The summed E-state index contributed by atoms with van der Waals surface area (Å²) >= 11 is 0. The van der Waals surface area contributed by atoms with Gasteiger partial charge in [0, 0.05) is 22.4 Å². The number of hydrogen-bond acceptors (Lipinski definition) is 0. The highest BCUT2D eigenvalue weighted by molar-refractivity contribution is 6.09. The second kappa shape index (κ2) is 10.2. The lowest BCUT2D eigenvalue weighted by molar-refractivity contribution is 0.997. The Morgan fingerprint density at radius 3 is 1.53 bits per heavy atom. The molecule has 1 aliphatic rings. The van der Waals surface area contributed by atoms with Crippen LogP contribution in [0.1, 0.15) is 28.2 Å². The summed E-state index contributed by atoms with van der Waals surface area (Å²) in [4.78, 5) is 0. The van der Waals surface area contributed by atoms with Crippen molar-refractivity contribution in [3.8, 4) is 39.1 Å². The molecule has 0 saturated carbocycles. The number of rotatable bonds is 4. The van der Waals surface area contributed by atoms with Crippen LogP contribution < -0.4 is 0 Å². The van der Waals surface area contributed by atoms with Crippen LogP contribution in [0.2, 0.25) is 0 Å². The minimum Gasteiger partial charge on any atom is -0.309 e. The van der Waals surface area contributed by atoms with Gasteiger partial charge < -0.3 is 4.57 Å². The van der Waals surface area contributed by atoms with Crippen LogP contribution in [-0.2, 0) is 0 Å². The third-order valence-corrected chi connectivity index (χ3v) is 9.65. The van der Waals surface area contributed by atoms with Crippen molar-refractivity contribution in [2.75, 3.05) is 0 Å². The molecule has 0 N–H and O–H groups in total. The van der Waals surface area contributed by atoms with E-state index in [1.165, 1.54) is 83.1 Å².